The monoisotopic (exact) mass is 295 g/mol. The summed E-state index contributed by atoms with van der Waals surface area (Å²) in [7, 11) is -3.80. The van der Waals surface area contributed by atoms with Gasteiger partial charge < -0.3 is 0 Å². The largest absolute Gasteiger partial charge is 0.243 e. The summed E-state index contributed by atoms with van der Waals surface area (Å²) < 4.78 is 51.6. The third kappa shape index (κ3) is 2.37. The van der Waals surface area contributed by atoms with Gasteiger partial charge in [-0.3, -0.25) is 0 Å². The number of rotatable bonds is 3. The molecule has 0 bridgehead atoms. The number of hydrogen-bond acceptors (Lipinski definition) is 2. The third-order valence-corrected chi connectivity index (χ3v) is 5.30. The molecule has 1 heterocycles. The van der Waals surface area contributed by atoms with Crippen molar-refractivity contribution in [2.45, 2.75) is 23.8 Å². The van der Waals surface area contributed by atoms with Crippen LogP contribution in [-0.2, 0) is 10.0 Å². The lowest BCUT2D eigenvalue weighted by Crippen LogP contribution is -2.36. The molecule has 2 rings (SSSR count). The van der Waals surface area contributed by atoms with Gasteiger partial charge in [0.15, 0.2) is 11.6 Å². The molecule has 0 N–H and O–H groups in total. The molecule has 1 fully saturated rings. The Labute approximate surface area is 109 Å². The molecule has 0 saturated carbocycles. The van der Waals surface area contributed by atoms with E-state index in [9.17, 15) is 17.2 Å². The first-order valence-electron chi connectivity index (χ1n) is 5.49. The summed E-state index contributed by atoms with van der Waals surface area (Å²) >= 11 is 5.71. The molecule has 0 aliphatic carbocycles. The average molecular weight is 296 g/mol. The van der Waals surface area contributed by atoms with Gasteiger partial charge >= 0.3 is 0 Å². The van der Waals surface area contributed by atoms with Gasteiger partial charge in [-0.05, 0) is 31.0 Å². The van der Waals surface area contributed by atoms with Crippen molar-refractivity contribution in [2.24, 2.45) is 0 Å². The number of benzene rings is 1. The van der Waals surface area contributed by atoms with Crippen molar-refractivity contribution in [3.05, 3.63) is 29.8 Å². The van der Waals surface area contributed by atoms with E-state index in [-0.39, 0.29) is 16.8 Å². The van der Waals surface area contributed by atoms with Gasteiger partial charge in [-0.25, -0.2) is 17.2 Å². The summed E-state index contributed by atoms with van der Waals surface area (Å²) in [5, 5.41) is 0. The van der Waals surface area contributed by atoms with Crippen LogP contribution in [0.5, 0.6) is 0 Å². The Morgan fingerprint density at radius 1 is 1.33 bits per heavy atom. The molecular weight excluding hydrogens is 284 g/mol. The Bertz CT molecular complexity index is 550. The van der Waals surface area contributed by atoms with Gasteiger partial charge in [-0.1, -0.05) is 0 Å². The van der Waals surface area contributed by atoms with Crippen LogP contribution in [0.4, 0.5) is 8.78 Å². The van der Waals surface area contributed by atoms with Crippen LogP contribution in [-0.4, -0.2) is 31.2 Å². The van der Waals surface area contributed by atoms with Crippen LogP contribution >= 0.6 is 11.6 Å². The van der Waals surface area contributed by atoms with E-state index >= 15 is 0 Å². The molecule has 1 aliphatic rings. The van der Waals surface area contributed by atoms with Crippen molar-refractivity contribution in [3.63, 3.8) is 0 Å². The van der Waals surface area contributed by atoms with Crippen molar-refractivity contribution in [1.82, 2.24) is 4.31 Å². The van der Waals surface area contributed by atoms with Gasteiger partial charge in [0.05, 0.1) is 4.90 Å². The van der Waals surface area contributed by atoms with Crippen molar-refractivity contribution in [1.29, 1.82) is 0 Å². The summed E-state index contributed by atoms with van der Waals surface area (Å²) in [4.78, 5) is -0.238. The van der Waals surface area contributed by atoms with Crippen LogP contribution in [0.1, 0.15) is 12.8 Å². The predicted molar refractivity (Wildman–Crippen MR) is 64.0 cm³/mol. The van der Waals surface area contributed by atoms with Crippen LogP contribution in [0.15, 0.2) is 23.1 Å². The fourth-order valence-corrected chi connectivity index (χ4v) is 4.16. The number of sulfonamides is 1. The first-order valence-corrected chi connectivity index (χ1v) is 7.47. The molecule has 1 aliphatic heterocycles. The lowest BCUT2D eigenvalue weighted by molar-refractivity contribution is 0.410. The Kier molecular flexibility index (Phi) is 3.89. The summed E-state index contributed by atoms with van der Waals surface area (Å²) in [5.41, 5.74) is 0. The van der Waals surface area contributed by atoms with E-state index in [0.29, 0.717) is 19.0 Å². The Morgan fingerprint density at radius 3 is 2.67 bits per heavy atom. The molecule has 0 aromatic heterocycles. The molecule has 7 heteroatoms. The molecule has 0 spiro atoms. The molecule has 1 saturated heterocycles. The van der Waals surface area contributed by atoms with Gasteiger partial charge in [0, 0.05) is 18.5 Å². The zero-order valence-electron chi connectivity index (χ0n) is 9.44. The molecule has 1 aromatic rings. The van der Waals surface area contributed by atoms with E-state index in [1.807, 2.05) is 0 Å². The third-order valence-electron chi connectivity index (χ3n) is 3.00. The average Bonchev–Trinajstić information content (AvgIpc) is 2.81. The van der Waals surface area contributed by atoms with Crippen LogP contribution in [0.3, 0.4) is 0 Å². The first-order chi connectivity index (χ1) is 8.46. The van der Waals surface area contributed by atoms with Crippen LogP contribution < -0.4 is 0 Å². The van der Waals surface area contributed by atoms with Gasteiger partial charge in [0.25, 0.3) is 0 Å². The maximum absolute atomic E-state index is 13.1. The molecule has 0 amide bonds. The minimum absolute atomic E-state index is 0.197. The summed E-state index contributed by atoms with van der Waals surface area (Å²) in [6.45, 7) is 0.360. The van der Waals surface area contributed by atoms with E-state index in [2.05, 4.69) is 0 Å². The molecule has 100 valence electrons. The van der Waals surface area contributed by atoms with Crippen molar-refractivity contribution in [2.75, 3.05) is 12.4 Å². The summed E-state index contributed by atoms with van der Waals surface area (Å²) in [6, 6.07) is 2.31. The highest BCUT2D eigenvalue weighted by molar-refractivity contribution is 7.89. The maximum Gasteiger partial charge on any atom is 0.243 e. The Hall–Kier alpha value is -0.720. The van der Waals surface area contributed by atoms with E-state index < -0.39 is 21.7 Å². The zero-order valence-corrected chi connectivity index (χ0v) is 11.0. The van der Waals surface area contributed by atoms with Crippen molar-refractivity contribution in [3.8, 4) is 0 Å². The molecule has 18 heavy (non-hydrogen) atoms. The SMILES string of the molecule is O=S(=O)(c1ccc(F)c(F)c1)N1CCCC1CCl. The summed E-state index contributed by atoms with van der Waals surface area (Å²) in [5.74, 6) is -2.04. The summed E-state index contributed by atoms with van der Waals surface area (Å²) in [6.07, 6.45) is 1.41. The lowest BCUT2D eigenvalue weighted by atomic mass is 10.3. The standard InChI is InChI=1S/C11H12ClF2NO2S/c12-7-8-2-1-5-15(8)18(16,17)9-3-4-10(13)11(14)6-9/h3-4,6,8H,1-2,5,7H2. The van der Waals surface area contributed by atoms with Crippen molar-refractivity contribution < 1.29 is 17.2 Å². The highest BCUT2D eigenvalue weighted by atomic mass is 35.5. The number of hydrogen-bond donors (Lipinski definition) is 0. The maximum atomic E-state index is 13.1. The minimum Gasteiger partial charge on any atom is -0.207 e. The quantitative estimate of drug-likeness (QED) is 0.803. The van der Waals surface area contributed by atoms with E-state index in [0.717, 1.165) is 18.6 Å². The van der Waals surface area contributed by atoms with Gasteiger partial charge in [-0.15, -0.1) is 11.6 Å². The fraction of sp³-hybridized carbons (Fsp3) is 0.455. The predicted octanol–water partition coefficient (Wildman–Crippen LogP) is 2.36. The number of halogens is 3. The van der Waals surface area contributed by atoms with Gasteiger partial charge in [0.2, 0.25) is 10.0 Å². The smallest absolute Gasteiger partial charge is 0.207 e. The van der Waals surface area contributed by atoms with Crippen molar-refractivity contribution >= 4 is 21.6 Å². The van der Waals surface area contributed by atoms with E-state index in [1.54, 1.807) is 0 Å². The molecule has 1 aromatic carbocycles. The molecule has 1 unspecified atom stereocenters. The highest BCUT2D eigenvalue weighted by Crippen LogP contribution is 2.27. The molecule has 1 atom stereocenters. The second-order valence-corrected chi connectivity index (χ2v) is 6.34. The van der Waals surface area contributed by atoms with Gasteiger partial charge in [0.1, 0.15) is 0 Å². The van der Waals surface area contributed by atoms with Crippen LogP contribution in [0.2, 0.25) is 0 Å². The normalized spacial score (nSPS) is 21.4. The second kappa shape index (κ2) is 5.11. The molecular formula is C11H12ClF2NO2S. The van der Waals surface area contributed by atoms with E-state index in [4.69, 9.17) is 11.6 Å². The Morgan fingerprint density at radius 2 is 2.06 bits per heavy atom. The second-order valence-electron chi connectivity index (χ2n) is 4.14. The highest BCUT2D eigenvalue weighted by Gasteiger charge is 2.35. The lowest BCUT2D eigenvalue weighted by Gasteiger charge is -2.22. The van der Waals surface area contributed by atoms with Crippen LogP contribution in [0, 0.1) is 11.6 Å². The topological polar surface area (TPSA) is 37.4 Å². The van der Waals surface area contributed by atoms with E-state index in [1.165, 1.54) is 4.31 Å². The Balaban J connectivity index is 2.38. The molecule has 3 nitrogen and oxygen atoms in total. The van der Waals surface area contributed by atoms with Gasteiger partial charge in [-0.2, -0.15) is 4.31 Å². The zero-order chi connectivity index (χ0) is 13.3. The minimum atomic E-state index is -3.80. The number of nitrogens with zero attached hydrogens (tertiary/aromatic N) is 1. The first kappa shape index (κ1) is 13.7. The fourth-order valence-electron chi connectivity index (χ4n) is 2.05. The molecule has 0 radical (unpaired) electrons. The number of alkyl halides is 1. The van der Waals surface area contributed by atoms with Crippen LogP contribution in [0.25, 0.3) is 0 Å².